The number of benzene rings is 1. The number of rotatable bonds is 4. The number of hydrogen-bond acceptors (Lipinski definition) is 3. The first-order chi connectivity index (χ1) is 9.18. The van der Waals surface area contributed by atoms with Gasteiger partial charge in [0.15, 0.2) is 0 Å². The highest BCUT2D eigenvalue weighted by Gasteiger charge is 2.42. The SMILES string of the molecule is CC1O[C@@H]1C(=O)c1ccnn1[C@H](C)c1ccccc1. The van der Waals surface area contributed by atoms with Gasteiger partial charge in [0.05, 0.1) is 12.1 Å². The summed E-state index contributed by atoms with van der Waals surface area (Å²) in [6, 6.07) is 11.8. The lowest BCUT2D eigenvalue weighted by atomic mass is 10.1. The Morgan fingerprint density at radius 3 is 2.63 bits per heavy atom. The van der Waals surface area contributed by atoms with E-state index in [9.17, 15) is 4.79 Å². The molecule has 1 aliphatic heterocycles. The Kier molecular flexibility index (Phi) is 2.95. The third kappa shape index (κ3) is 2.19. The van der Waals surface area contributed by atoms with Crippen molar-refractivity contribution in [2.75, 3.05) is 0 Å². The number of hydrogen-bond donors (Lipinski definition) is 0. The zero-order valence-electron chi connectivity index (χ0n) is 11.0. The highest BCUT2D eigenvalue weighted by Crippen LogP contribution is 2.27. The van der Waals surface area contributed by atoms with Crippen LogP contribution < -0.4 is 0 Å². The van der Waals surface area contributed by atoms with Crippen LogP contribution in [0.25, 0.3) is 0 Å². The van der Waals surface area contributed by atoms with Crippen LogP contribution in [0.1, 0.15) is 35.9 Å². The predicted molar refractivity (Wildman–Crippen MR) is 71.1 cm³/mol. The fourth-order valence-corrected chi connectivity index (χ4v) is 2.30. The number of ketones is 1. The summed E-state index contributed by atoms with van der Waals surface area (Å²) >= 11 is 0. The third-order valence-electron chi connectivity index (χ3n) is 3.54. The predicted octanol–water partition coefficient (Wildman–Crippen LogP) is 2.46. The molecule has 0 aliphatic carbocycles. The Bertz CT molecular complexity index is 591. The van der Waals surface area contributed by atoms with Crippen LogP contribution in [0.5, 0.6) is 0 Å². The first-order valence-corrected chi connectivity index (χ1v) is 6.46. The molecule has 0 N–H and O–H groups in total. The highest BCUT2D eigenvalue weighted by atomic mass is 16.6. The molecule has 0 bridgehead atoms. The second kappa shape index (κ2) is 4.63. The molecule has 4 nitrogen and oxygen atoms in total. The van der Waals surface area contributed by atoms with Gasteiger partial charge in [-0.2, -0.15) is 5.10 Å². The maximum atomic E-state index is 12.2. The molecule has 2 heterocycles. The maximum absolute atomic E-state index is 12.2. The third-order valence-corrected chi connectivity index (χ3v) is 3.54. The average molecular weight is 256 g/mol. The minimum absolute atomic E-state index is 0.0211. The summed E-state index contributed by atoms with van der Waals surface area (Å²) in [6.07, 6.45) is 1.40. The van der Waals surface area contributed by atoms with Gasteiger partial charge in [-0.05, 0) is 25.5 Å². The number of Topliss-reactive ketones (excluding diaryl/α,β-unsaturated/α-hetero) is 1. The van der Waals surface area contributed by atoms with E-state index < -0.39 is 0 Å². The van der Waals surface area contributed by atoms with Crippen LogP contribution in [-0.2, 0) is 4.74 Å². The molecule has 1 aromatic heterocycles. The largest absolute Gasteiger partial charge is 0.361 e. The van der Waals surface area contributed by atoms with E-state index in [4.69, 9.17) is 4.74 Å². The van der Waals surface area contributed by atoms with E-state index in [-0.39, 0.29) is 24.0 Å². The Hall–Kier alpha value is -1.94. The van der Waals surface area contributed by atoms with Crippen LogP contribution in [0.4, 0.5) is 0 Å². The molecular weight excluding hydrogens is 240 g/mol. The zero-order chi connectivity index (χ0) is 13.4. The molecule has 1 saturated heterocycles. The molecule has 0 radical (unpaired) electrons. The Labute approximate surface area is 112 Å². The van der Waals surface area contributed by atoms with Crippen LogP contribution in [0.2, 0.25) is 0 Å². The molecule has 2 aromatic rings. The van der Waals surface area contributed by atoms with Gasteiger partial charge in [-0.25, -0.2) is 0 Å². The summed E-state index contributed by atoms with van der Waals surface area (Å²) < 4.78 is 7.02. The quantitative estimate of drug-likeness (QED) is 0.623. The summed E-state index contributed by atoms with van der Waals surface area (Å²) in [5, 5.41) is 4.29. The van der Waals surface area contributed by atoms with Crippen molar-refractivity contribution in [3.63, 3.8) is 0 Å². The summed E-state index contributed by atoms with van der Waals surface area (Å²) in [4.78, 5) is 12.2. The van der Waals surface area contributed by atoms with Gasteiger partial charge in [0.25, 0.3) is 0 Å². The van der Waals surface area contributed by atoms with E-state index >= 15 is 0 Å². The number of carbonyl (C=O) groups excluding carboxylic acids is 1. The molecule has 4 heteroatoms. The van der Waals surface area contributed by atoms with Crippen molar-refractivity contribution in [3.05, 3.63) is 53.9 Å². The van der Waals surface area contributed by atoms with E-state index in [1.54, 1.807) is 16.9 Å². The number of nitrogens with zero attached hydrogens (tertiary/aromatic N) is 2. The van der Waals surface area contributed by atoms with Gasteiger partial charge in [0.2, 0.25) is 5.78 Å². The lowest BCUT2D eigenvalue weighted by molar-refractivity contribution is 0.0942. The van der Waals surface area contributed by atoms with Crippen LogP contribution in [-0.4, -0.2) is 27.8 Å². The number of carbonyl (C=O) groups is 1. The molecule has 19 heavy (non-hydrogen) atoms. The molecule has 0 amide bonds. The number of aromatic nitrogens is 2. The molecule has 1 aliphatic rings. The van der Waals surface area contributed by atoms with Gasteiger partial charge in [0, 0.05) is 6.20 Å². The van der Waals surface area contributed by atoms with Crippen molar-refractivity contribution in [3.8, 4) is 0 Å². The van der Waals surface area contributed by atoms with Crippen LogP contribution >= 0.6 is 0 Å². The monoisotopic (exact) mass is 256 g/mol. The molecular formula is C15H16N2O2. The first kappa shape index (κ1) is 12.1. The van der Waals surface area contributed by atoms with Crippen molar-refractivity contribution in [1.29, 1.82) is 0 Å². The highest BCUT2D eigenvalue weighted by molar-refractivity contribution is 5.99. The Morgan fingerprint density at radius 1 is 1.32 bits per heavy atom. The van der Waals surface area contributed by atoms with Crippen molar-refractivity contribution >= 4 is 5.78 Å². The Morgan fingerprint density at radius 2 is 2.00 bits per heavy atom. The van der Waals surface area contributed by atoms with Crippen LogP contribution in [0.15, 0.2) is 42.6 Å². The van der Waals surface area contributed by atoms with Gasteiger partial charge in [-0.15, -0.1) is 0 Å². The smallest absolute Gasteiger partial charge is 0.212 e. The van der Waals surface area contributed by atoms with Gasteiger partial charge < -0.3 is 4.74 Å². The van der Waals surface area contributed by atoms with Crippen molar-refractivity contribution in [2.45, 2.75) is 32.1 Å². The lowest BCUT2D eigenvalue weighted by Crippen LogP contribution is -2.19. The average Bonchev–Trinajstić information content (AvgIpc) is 2.98. The molecule has 0 spiro atoms. The van der Waals surface area contributed by atoms with E-state index in [1.165, 1.54) is 0 Å². The number of epoxide rings is 1. The topological polar surface area (TPSA) is 47.4 Å². The summed E-state index contributed by atoms with van der Waals surface area (Å²) in [6.45, 7) is 3.94. The van der Waals surface area contributed by atoms with Crippen LogP contribution in [0.3, 0.4) is 0 Å². The van der Waals surface area contributed by atoms with Crippen molar-refractivity contribution in [1.82, 2.24) is 9.78 Å². The summed E-state index contributed by atoms with van der Waals surface area (Å²) in [5.41, 5.74) is 1.75. The van der Waals surface area contributed by atoms with E-state index in [0.29, 0.717) is 5.69 Å². The molecule has 3 rings (SSSR count). The standard InChI is InChI=1S/C15H16N2O2/c1-10(12-6-4-3-5-7-12)17-13(8-9-16-17)14(18)15-11(2)19-15/h3-11,15H,1-2H3/t10-,11?,15+/m1/s1. The molecule has 0 saturated carbocycles. The normalized spacial score (nSPS) is 23.1. The Balaban J connectivity index is 1.90. The summed E-state index contributed by atoms with van der Waals surface area (Å²) in [5.74, 6) is 0.0211. The fraction of sp³-hybridized carbons (Fsp3) is 0.333. The van der Waals surface area contributed by atoms with Gasteiger partial charge in [-0.3, -0.25) is 9.48 Å². The molecule has 1 fully saturated rings. The van der Waals surface area contributed by atoms with E-state index in [2.05, 4.69) is 5.10 Å². The molecule has 1 aromatic carbocycles. The second-order valence-corrected chi connectivity index (χ2v) is 4.87. The molecule has 98 valence electrons. The number of ether oxygens (including phenoxy) is 1. The lowest BCUT2D eigenvalue weighted by Gasteiger charge is -2.15. The van der Waals surface area contributed by atoms with E-state index in [1.807, 2.05) is 44.2 Å². The molecule has 1 unspecified atom stereocenters. The minimum Gasteiger partial charge on any atom is -0.361 e. The van der Waals surface area contributed by atoms with Crippen LogP contribution in [0, 0.1) is 0 Å². The first-order valence-electron chi connectivity index (χ1n) is 6.46. The van der Waals surface area contributed by atoms with E-state index in [0.717, 1.165) is 5.56 Å². The molecule has 3 atom stereocenters. The van der Waals surface area contributed by atoms with Gasteiger partial charge >= 0.3 is 0 Å². The second-order valence-electron chi connectivity index (χ2n) is 4.87. The summed E-state index contributed by atoms with van der Waals surface area (Å²) in [7, 11) is 0. The minimum atomic E-state index is -0.293. The van der Waals surface area contributed by atoms with Gasteiger partial charge in [0.1, 0.15) is 11.8 Å². The fourth-order valence-electron chi connectivity index (χ4n) is 2.30. The maximum Gasteiger partial charge on any atom is 0.212 e. The van der Waals surface area contributed by atoms with Gasteiger partial charge in [-0.1, -0.05) is 30.3 Å². The van der Waals surface area contributed by atoms with Crippen molar-refractivity contribution in [2.24, 2.45) is 0 Å². The zero-order valence-corrected chi connectivity index (χ0v) is 11.0. The van der Waals surface area contributed by atoms with Crippen molar-refractivity contribution < 1.29 is 9.53 Å².